The second-order valence-corrected chi connectivity index (χ2v) is 27.0. The summed E-state index contributed by atoms with van der Waals surface area (Å²) in [6, 6.07) is 21.7. The molecular weight excluding hydrogens is 1270 g/mol. The maximum absolute atomic E-state index is 13.8. The lowest BCUT2D eigenvalue weighted by molar-refractivity contribution is -0.384. The first-order valence-corrected chi connectivity index (χ1v) is 32.1. The molecule has 0 bridgehead atoms. The molecule has 8 N–H and O–H groups in total. The number of anilines is 2. The summed E-state index contributed by atoms with van der Waals surface area (Å²) in [6.07, 6.45) is -5.64. The fraction of sp³-hybridized carbons (Fsp3) is 0.508. The highest BCUT2D eigenvalue weighted by atomic mass is 31.2. The van der Waals surface area contributed by atoms with E-state index in [0.717, 1.165) is 0 Å². The van der Waals surface area contributed by atoms with Crippen molar-refractivity contribution < 1.29 is 90.5 Å². The van der Waals surface area contributed by atoms with Crippen molar-refractivity contribution >= 4 is 61.7 Å². The highest BCUT2D eigenvalue weighted by Crippen LogP contribution is 2.51. The van der Waals surface area contributed by atoms with Crippen LogP contribution in [0, 0.1) is 32.8 Å². The summed E-state index contributed by atoms with van der Waals surface area (Å²) in [5.74, 6) is -1.42. The van der Waals surface area contributed by atoms with E-state index in [2.05, 4.69) is 35.7 Å². The molecule has 7 heterocycles. The number of nitrogens with two attached hydrogens (primary N) is 1. The Morgan fingerprint density at radius 3 is 1.85 bits per heavy atom. The third-order valence-corrected chi connectivity index (χ3v) is 16.5. The number of nitriles is 2. The molecule has 9 rings (SSSR count). The van der Waals surface area contributed by atoms with Gasteiger partial charge >= 0.3 is 33.3 Å². The Bertz CT molecular complexity index is 3800. The molecule has 33 nitrogen and oxygen atoms in total. The monoisotopic (exact) mass is 1350 g/mol. The van der Waals surface area contributed by atoms with Crippen LogP contribution in [0.2, 0.25) is 0 Å². The van der Waals surface area contributed by atoms with Crippen LogP contribution in [0.3, 0.4) is 0 Å². The first kappa shape index (κ1) is 76.4. The first-order chi connectivity index (χ1) is 43.1. The van der Waals surface area contributed by atoms with Gasteiger partial charge in [-0.05, 0) is 125 Å². The average Bonchev–Trinajstić information content (AvgIpc) is 1.57. The topological polar surface area (TPSA) is 452 Å². The Balaban J connectivity index is 0.000000263. The number of nitrogens with one attached hydrogen (secondary N) is 3. The molecule has 12 atom stereocenters. The molecule has 1 amide bonds. The van der Waals surface area contributed by atoms with E-state index < -0.39 is 129 Å². The van der Waals surface area contributed by atoms with Gasteiger partial charge in [0.05, 0.1) is 35.1 Å². The van der Waals surface area contributed by atoms with Gasteiger partial charge in [-0.25, -0.2) is 33.4 Å². The van der Waals surface area contributed by atoms with E-state index in [4.69, 9.17) is 52.5 Å². The number of nitro groups is 1. The zero-order valence-electron chi connectivity index (χ0n) is 52.1. The number of carbonyl (C=O) groups is 3. The molecule has 2 aromatic carbocycles. The van der Waals surface area contributed by atoms with Gasteiger partial charge in [-0.2, -0.15) is 25.8 Å². The van der Waals surface area contributed by atoms with E-state index in [0.29, 0.717) is 16.7 Å². The molecule has 94 heavy (non-hydrogen) atoms. The van der Waals surface area contributed by atoms with Crippen molar-refractivity contribution in [1.82, 2.24) is 39.4 Å². The number of hydrogen-bond acceptors (Lipinski definition) is 27. The largest absolute Gasteiger partial charge is 0.462 e. The summed E-state index contributed by atoms with van der Waals surface area (Å²) in [7, 11) is -7.72. The Morgan fingerprint density at radius 2 is 1.30 bits per heavy atom. The number of carbonyl (C=O) groups excluding carboxylic acids is 3. The van der Waals surface area contributed by atoms with Gasteiger partial charge in [0.15, 0.2) is 17.4 Å². The number of benzene rings is 2. The van der Waals surface area contributed by atoms with Crippen molar-refractivity contribution in [2.45, 2.75) is 175 Å². The van der Waals surface area contributed by atoms with Gasteiger partial charge < -0.3 is 63.3 Å². The van der Waals surface area contributed by atoms with Gasteiger partial charge in [-0.15, -0.1) is 0 Å². The second kappa shape index (κ2) is 30.9. The fourth-order valence-corrected chi connectivity index (χ4v) is 12.4. The lowest BCUT2D eigenvalue weighted by Gasteiger charge is -2.28. The molecular formula is C59H81N13O20P2. The zero-order valence-corrected chi connectivity index (χ0v) is 53.9. The van der Waals surface area contributed by atoms with Gasteiger partial charge in [-0.3, -0.25) is 34.1 Å². The van der Waals surface area contributed by atoms with E-state index in [1.54, 1.807) is 109 Å². The van der Waals surface area contributed by atoms with Gasteiger partial charge in [0.25, 0.3) is 5.69 Å². The summed E-state index contributed by atoms with van der Waals surface area (Å²) < 4.78 is 84.7. The normalized spacial score (nSPS) is 23.7. The van der Waals surface area contributed by atoms with E-state index in [-0.39, 0.29) is 55.5 Å². The van der Waals surface area contributed by atoms with Crippen LogP contribution in [0.15, 0.2) is 91.5 Å². The molecule has 3 saturated heterocycles. The number of aromatic nitrogens is 6. The van der Waals surface area contributed by atoms with Crippen molar-refractivity contribution in [1.29, 1.82) is 10.5 Å². The molecule has 2 unspecified atom stereocenters. The Hall–Kier alpha value is -8.27. The van der Waals surface area contributed by atoms with Crippen LogP contribution in [0.5, 0.6) is 11.5 Å². The Labute approximate surface area is 542 Å². The SMILES string of the molecule is C.C.CC(C)(C)OC(=O)Nc1ncnn2c([C@@H]3O[C@](C#N)(CO)[C@H]4OC(C)(C)O[C@@H]34)ccc12.CC(C)OC(=O)[C@@H](C)NP(=O)(OC[C@@]1(C#N)O[C@@H](c2ccc3c(N)ncnn23)[C@H](O)[C@@H]1O)Oc1ccccc1.CC(C)OC(=O)[C@@H](C)NP(C)(=O)Oc1ccc([N+](=O)[O-])cc1. The number of para-hydroxylation sites is 1. The van der Waals surface area contributed by atoms with Crippen molar-refractivity contribution in [3.05, 3.63) is 113 Å². The van der Waals surface area contributed by atoms with Crippen molar-refractivity contribution in [2.24, 2.45) is 0 Å². The number of hydrogen-bond donors (Lipinski definition) is 7. The van der Waals surface area contributed by atoms with Crippen LogP contribution in [-0.2, 0) is 56.4 Å². The van der Waals surface area contributed by atoms with Crippen LogP contribution in [0.1, 0.15) is 115 Å². The smallest absolute Gasteiger partial charge is 0.459 e. The molecule has 0 spiro atoms. The number of nitrogen functional groups attached to an aromatic ring is 1. The molecule has 0 aliphatic carbocycles. The number of fused-ring (bicyclic) bond motifs is 3. The van der Waals surface area contributed by atoms with Crippen LogP contribution >= 0.6 is 15.3 Å². The molecule has 3 aliphatic heterocycles. The summed E-state index contributed by atoms with van der Waals surface area (Å²) in [5.41, 5.74) is 3.14. The number of nitrogens with zero attached hydrogens (tertiary/aromatic N) is 9. The average molecular weight is 1350 g/mol. The maximum atomic E-state index is 13.8. The molecule has 35 heteroatoms. The van der Waals surface area contributed by atoms with Crippen molar-refractivity contribution in [2.75, 3.05) is 30.9 Å². The lowest BCUT2D eigenvalue weighted by atomic mass is 9.96. The predicted octanol–water partition coefficient (Wildman–Crippen LogP) is 7.42. The summed E-state index contributed by atoms with van der Waals surface area (Å²) in [4.78, 5) is 54.3. The molecule has 6 aromatic rings. The molecule has 0 radical (unpaired) electrons. The minimum Gasteiger partial charge on any atom is -0.462 e. The molecule has 0 saturated carbocycles. The number of ether oxygens (including phenoxy) is 7. The summed E-state index contributed by atoms with van der Waals surface area (Å²) in [5, 5.41) is 78.0. The van der Waals surface area contributed by atoms with Crippen LogP contribution in [0.25, 0.3) is 11.0 Å². The zero-order chi connectivity index (χ0) is 67.9. The summed E-state index contributed by atoms with van der Waals surface area (Å²) >= 11 is 0. The minimum absolute atomic E-state index is 0. The number of aliphatic hydroxyl groups is 3. The summed E-state index contributed by atoms with van der Waals surface area (Å²) in [6.45, 7) is 18.4. The number of non-ortho nitro benzene ring substituents is 1. The minimum atomic E-state index is -4.39. The maximum Gasteiger partial charge on any atom is 0.459 e. The van der Waals surface area contributed by atoms with Gasteiger partial charge in [0.1, 0.15) is 108 Å². The van der Waals surface area contributed by atoms with Gasteiger partial charge in [0.2, 0.25) is 11.2 Å². The number of nitro benzene ring substituents is 1. The highest BCUT2D eigenvalue weighted by molar-refractivity contribution is 7.56. The quantitative estimate of drug-likeness (QED) is 0.0128. The number of aliphatic hydroxyl groups excluding tert-OH is 3. The van der Waals surface area contributed by atoms with Crippen molar-refractivity contribution in [3.8, 4) is 23.6 Å². The second-order valence-electron chi connectivity index (χ2n) is 23.2. The third kappa shape index (κ3) is 18.3. The Morgan fingerprint density at radius 1 is 0.766 bits per heavy atom. The van der Waals surface area contributed by atoms with Crippen LogP contribution in [0.4, 0.5) is 22.1 Å². The predicted molar refractivity (Wildman–Crippen MR) is 337 cm³/mol. The number of amides is 1. The van der Waals surface area contributed by atoms with Crippen LogP contribution < -0.4 is 30.3 Å². The van der Waals surface area contributed by atoms with Crippen LogP contribution in [-0.4, -0.2) is 159 Å². The van der Waals surface area contributed by atoms with Gasteiger partial charge in [-0.1, -0.05) is 33.1 Å². The van der Waals surface area contributed by atoms with Gasteiger partial charge in [0, 0.05) is 18.8 Å². The van der Waals surface area contributed by atoms with Crippen molar-refractivity contribution in [3.63, 3.8) is 0 Å². The highest BCUT2D eigenvalue weighted by Gasteiger charge is 2.64. The van der Waals surface area contributed by atoms with E-state index in [1.165, 1.54) is 74.1 Å². The molecule has 512 valence electrons. The van der Waals surface area contributed by atoms with E-state index >= 15 is 0 Å². The van der Waals surface area contributed by atoms with E-state index in [9.17, 15) is 59.5 Å². The first-order valence-electron chi connectivity index (χ1n) is 28.5. The number of esters is 2. The molecule has 3 fully saturated rings. The lowest BCUT2D eigenvalue weighted by Crippen LogP contribution is -2.46. The Kier molecular flexibility index (Phi) is 25.1. The third-order valence-electron chi connectivity index (χ3n) is 13.4. The molecule has 4 aromatic heterocycles. The number of rotatable bonds is 20. The molecule has 3 aliphatic rings. The van der Waals surface area contributed by atoms with E-state index in [1.807, 2.05) is 12.1 Å². The standard InChI is InChI=1S/C24H29N6O8P.C20H25N5O6.C13H19N2O6P.2CH4/c1-14(2)36-23(33)15(3)29-39(34,38-16-7-5-4-6-8-16)35-12-24(11-25)21(32)19(31)20(37-24)17-9-10-18-22(26)27-13-28-30(17)18;1-18(2,3)31-17(27)24-16-12-7-6-11(25(12)23-10-22-16)13-14-15(30-19(4,5)28-14)20(8-21,9-26)29-13;1-9(2)20-13(16)10(3)14-22(4,19)21-12-7-5-11(6-8-12)15(17)18;;/h4-10,13-15,19-21,31-32H,12H2,1-3H3,(H,29,34)(H2,26,27,28);6-7,10,13-15,26H,9H2,1-5H3,(H,22,23,24,27);5-10H,1-4H3,(H,14,19);2*1H4/t15-,19+,20+,21+,24-,39?;13-,14-,15-,20+;10-,22?;;/m101../s1. The fourth-order valence-electron chi connectivity index (χ4n) is 9.46.